The molecule has 1 aromatic carbocycles. The summed E-state index contributed by atoms with van der Waals surface area (Å²) in [5.41, 5.74) is 1.94. The number of hydrogen-bond donors (Lipinski definition) is 1. The first-order valence-corrected chi connectivity index (χ1v) is 9.86. The normalized spacial score (nSPS) is 13.9. The SMILES string of the molecule is CCOC(=O)N1CCc2nn(CC(=O)NC(C)c3ccc(OC)cc3)c(=O)cc2C1. The first-order valence-electron chi connectivity index (χ1n) is 9.86. The lowest BCUT2D eigenvalue weighted by molar-refractivity contribution is -0.122. The van der Waals surface area contributed by atoms with E-state index in [1.54, 1.807) is 18.9 Å². The molecule has 0 radical (unpaired) electrons. The average molecular weight is 414 g/mol. The van der Waals surface area contributed by atoms with Crippen LogP contribution < -0.4 is 15.6 Å². The minimum atomic E-state index is -0.403. The highest BCUT2D eigenvalue weighted by molar-refractivity contribution is 5.76. The van der Waals surface area contributed by atoms with Gasteiger partial charge >= 0.3 is 6.09 Å². The molecule has 160 valence electrons. The molecule has 1 unspecified atom stereocenters. The Hall–Kier alpha value is -3.36. The molecule has 0 fully saturated rings. The van der Waals surface area contributed by atoms with Gasteiger partial charge in [0, 0.05) is 24.6 Å². The van der Waals surface area contributed by atoms with E-state index in [9.17, 15) is 14.4 Å². The summed E-state index contributed by atoms with van der Waals surface area (Å²) < 4.78 is 11.3. The molecule has 2 amide bonds. The second-order valence-electron chi connectivity index (χ2n) is 7.04. The highest BCUT2D eigenvalue weighted by Crippen LogP contribution is 2.18. The number of nitrogens with one attached hydrogen (secondary N) is 1. The fourth-order valence-electron chi connectivity index (χ4n) is 3.32. The van der Waals surface area contributed by atoms with E-state index in [1.165, 1.54) is 6.07 Å². The van der Waals surface area contributed by atoms with Crippen LogP contribution in [0.5, 0.6) is 5.75 Å². The largest absolute Gasteiger partial charge is 0.497 e. The molecule has 30 heavy (non-hydrogen) atoms. The maximum atomic E-state index is 12.4. The molecule has 0 aliphatic carbocycles. The lowest BCUT2D eigenvalue weighted by Crippen LogP contribution is -2.40. The van der Waals surface area contributed by atoms with Crippen molar-refractivity contribution >= 4 is 12.0 Å². The van der Waals surface area contributed by atoms with Crippen molar-refractivity contribution in [1.29, 1.82) is 0 Å². The number of nitrogens with zero attached hydrogens (tertiary/aromatic N) is 3. The second-order valence-corrected chi connectivity index (χ2v) is 7.04. The molecule has 1 atom stereocenters. The predicted octanol–water partition coefficient (Wildman–Crippen LogP) is 1.64. The van der Waals surface area contributed by atoms with E-state index in [1.807, 2.05) is 31.2 Å². The smallest absolute Gasteiger partial charge is 0.410 e. The zero-order valence-corrected chi connectivity index (χ0v) is 17.4. The number of hydrogen-bond acceptors (Lipinski definition) is 6. The molecule has 9 heteroatoms. The van der Waals surface area contributed by atoms with Crippen molar-refractivity contribution in [3.8, 4) is 5.75 Å². The predicted molar refractivity (Wildman–Crippen MR) is 109 cm³/mol. The maximum absolute atomic E-state index is 12.4. The maximum Gasteiger partial charge on any atom is 0.410 e. The van der Waals surface area contributed by atoms with Crippen molar-refractivity contribution in [2.24, 2.45) is 0 Å². The number of rotatable bonds is 6. The van der Waals surface area contributed by atoms with E-state index in [0.29, 0.717) is 30.8 Å². The Labute approximate surface area is 174 Å². The van der Waals surface area contributed by atoms with Crippen LogP contribution >= 0.6 is 0 Å². The Morgan fingerprint density at radius 3 is 2.67 bits per heavy atom. The molecule has 2 heterocycles. The number of ether oxygens (including phenoxy) is 2. The number of carbonyl (C=O) groups is 2. The minimum Gasteiger partial charge on any atom is -0.497 e. The summed E-state index contributed by atoms with van der Waals surface area (Å²) >= 11 is 0. The number of aromatic nitrogens is 2. The van der Waals surface area contributed by atoms with Gasteiger partial charge in [-0.05, 0) is 31.5 Å². The molecular weight excluding hydrogens is 388 g/mol. The van der Waals surface area contributed by atoms with Crippen molar-refractivity contribution in [3.63, 3.8) is 0 Å². The van der Waals surface area contributed by atoms with Gasteiger partial charge in [0.25, 0.3) is 5.56 Å². The Balaban J connectivity index is 1.65. The Morgan fingerprint density at radius 2 is 2.00 bits per heavy atom. The Bertz CT molecular complexity index is 970. The molecule has 0 saturated carbocycles. The second kappa shape index (κ2) is 9.43. The molecule has 3 rings (SSSR count). The molecule has 0 spiro atoms. The summed E-state index contributed by atoms with van der Waals surface area (Å²) in [4.78, 5) is 38.3. The van der Waals surface area contributed by atoms with Gasteiger partial charge in [-0.15, -0.1) is 0 Å². The van der Waals surface area contributed by atoms with Gasteiger partial charge < -0.3 is 19.7 Å². The average Bonchev–Trinajstić information content (AvgIpc) is 2.74. The third-order valence-corrected chi connectivity index (χ3v) is 4.96. The molecule has 1 aromatic heterocycles. The number of fused-ring (bicyclic) bond motifs is 1. The summed E-state index contributed by atoms with van der Waals surface area (Å²) in [5, 5.41) is 7.22. The van der Waals surface area contributed by atoms with Gasteiger partial charge in [0.05, 0.1) is 32.0 Å². The number of carbonyl (C=O) groups excluding carboxylic acids is 2. The van der Waals surface area contributed by atoms with Crippen LogP contribution in [-0.4, -0.2) is 46.9 Å². The van der Waals surface area contributed by atoms with E-state index < -0.39 is 6.09 Å². The molecule has 9 nitrogen and oxygen atoms in total. The highest BCUT2D eigenvalue weighted by Gasteiger charge is 2.24. The van der Waals surface area contributed by atoms with E-state index in [4.69, 9.17) is 9.47 Å². The van der Waals surface area contributed by atoms with Crippen molar-refractivity contribution < 1.29 is 19.1 Å². The fourth-order valence-corrected chi connectivity index (χ4v) is 3.32. The van der Waals surface area contributed by atoms with Crippen LogP contribution in [0.1, 0.15) is 36.7 Å². The lowest BCUT2D eigenvalue weighted by Gasteiger charge is -2.27. The molecule has 1 N–H and O–H groups in total. The highest BCUT2D eigenvalue weighted by atomic mass is 16.6. The summed E-state index contributed by atoms with van der Waals surface area (Å²) in [6, 6.07) is 8.62. The van der Waals surface area contributed by atoms with Crippen LogP contribution in [0.15, 0.2) is 35.1 Å². The first-order chi connectivity index (χ1) is 14.4. The number of amides is 2. The first kappa shape index (κ1) is 21.4. The monoisotopic (exact) mass is 414 g/mol. The topological polar surface area (TPSA) is 103 Å². The van der Waals surface area contributed by atoms with E-state index in [-0.39, 0.29) is 30.6 Å². The van der Waals surface area contributed by atoms with Crippen LogP contribution in [0.2, 0.25) is 0 Å². The molecular formula is C21H26N4O5. The van der Waals surface area contributed by atoms with Gasteiger partial charge in [-0.3, -0.25) is 9.59 Å². The minimum absolute atomic E-state index is 0.172. The molecule has 2 aromatic rings. The van der Waals surface area contributed by atoms with Gasteiger partial charge in [-0.2, -0.15) is 5.10 Å². The zero-order chi connectivity index (χ0) is 21.7. The molecule has 0 bridgehead atoms. The fraction of sp³-hybridized carbons (Fsp3) is 0.429. The summed E-state index contributed by atoms with van der Waals surface area (Å²) in [7, 11) is 1.60. The van der Waals surface area contributed by atoms with Crippen LogP contribution in [0.3, 0.4) is 0 Å². The van der Waals surface area contributed by atoms with E-state index in [0.717, 1.165) is 16.0 Å². The summed E-state index contributed by atoms with van der Waals surface area (Å²) in [6.45, 7) is 4.47. The van der Waals surface area contributed by atoms with Gasteiger partial charge in [0.15, 0.2) is 0 Å². The standard InChI is InChI=1S/C21H26N4O5/c1-4-30-21(28)24-10-9-18-16(12-24)11-20(27)25(23-18)13-19(26)22-14(2)15-5-7-17(29-3)8-6-15/h5-8,11,14H,4,9-10,12-13H2,1-3H3,(H,22,26). The van der Waals surface area contributed by atoms with Crippen LogP contribution in [0.25, 0.3) is 0 Å². The summed E-state index contributed by atoms with van der Waals surface area (Å²) in [5.74, 6) is 0.431. The van der Waals surface area contributed by atoms with Crippen molar-refractivity contribution in [3.05, 3.63) is 57.5 Å². The number of benzene rings is 1. The van der Waals surface area contributed by atoms with Gasteiger partial charge in [-0.25, -0.2) is 9.48 Å². The quantitative estimate of drug-likeness (QED) is 0.771. The van der Waals surface area contributed by atoms with Gasteiger partial charge in [0.1, 0.15) is 12.3 Å². The van der Waals surface area contributed by atoms with Gasteiger partial charge in [-0.1, -0.05) is 12.1 Å². The van der Waals surface area contributed by atoms with E-state index in [2.05, 4.69) is 10.4 Å². The van der Waals surface area contributed by atoms with Crippen LogP contribution in [0, 0.1) is 0 Å². The molecule has 0 saturated heterocycles. The van der Waals surface area contributed by atoms with Crippen molar-refractivity contribution in [1.82, 2.24) is 20.0 Å². The zero-order valence-electron chi connectivity index (χ0n) is 17.4. The van der Waals surface area contributed by atoms with Crippen molar-refractivity contribution in [2.75, 3.05) is 20.3 Å². The third kappa shape index (κ3) is 4.97. The van der Waals surface area contributed by atoms with Gasteiger partial charge in [0.2, 0.25) is 5.91 Å². The molecule has 1 aliphatic rings. The Morgan fingerprint density at radius 1 is 1.27 bits per heavy atom. The molecule has 1 aliphatic heterocycles. The number of methoxy groups -OCH3 is 1. The van der Waals surface area contributed by atoms with E-state index >= 15 is 0 Å². The lowest BCUT2D eigenvalue weighted by atomic mass is 10.1. The van der Waals surface area contributed by atoms with Crippen LogP contribution in [0.4, 0.5) is 4.79 Å². The Kier molecular flexibility index (Phi) is 6.71. The van der Waals surface area contributed by atoms with Crippen LogP contribution in [-0.2, 0) is 29.0 Å². The van der Waals surface area contributed by atoms with Crippen molar-refractivity contribution in [2.45, 2.75) is 39.4 Å². The third-order valence-electron chi connectivity index (χ3n) is 4.96. The summed E-state index contributed by atoms with van der Waals surface area (Å²) in [6.07, 6.45) is 0.0948.